The van der Waals surface area contributed by atoms with Gasteiger partial charge >= 0.3 is 12.1 Å². The number of rotatable bonds is 6. The highest BCUT2D eigenvalue weighted by molar-refractivity contribution is 6.30. The van der Waals surface area contributed by atoms with E-state index in [9.17, 15) is 9.18 Å². The second kappa shape index (κ2) is 10.3. The van der Waals surface area contributed by atoms with Crippen molar-refractivity contribution in [3.05, 3.63) is 17.2 Å². The molecule has 0 aliphatic carbocycles. The lowest BCUT2D eigenvalue weighted by Crippen LogP contribution is -2.66. The van der Waals surface area contributed by atoms with Crippen LogP contribution in [0.1, 0.15) is 59.7 Å². The summed E-state index contributed by atoms with van der Waals surface area (Å²) in [7, 11) is -2.74. The summed E-state index contributed by atoms with van der Waals surface area (Å²) in [5, 5.41) is -0.308. The number of carbonyl (C=O) groups excluding carboxylic acids is 1. The molecule has 0 N–H and O–H groups in total. The topological polar surface area (TPSA) is 93.2 Å². The van der Waals surface area contributed by atoms with E-state index in [0.29, 0.717) is 32.2 Å². The van der Waals surface area contributed by atoms with E-state index < -0.39 is 65.6 Å². The van der Waals surface area contributed by atoms with E-state index in [0.717, 1.165) is 0 Å². The van der Waals surface area contributed by atoms with Crippen LogP contribution in [0.15, 0.2) is 6.20 Å². The molecule has 0 aromatic carbocycles. The Balaban J connectivity index is 1.40. The Kier molecular flexibility index (Phi) is 5.77. The third-order valence-corrected chi connectivity index (χ3v) is 8.76. The molecular weight excluding hydrogens is 558 g/mol. The van der Waals surface area contributed by atoms with Crippen LogP contribution in [0.2, 0.25) is 5.15 Å². The summed E-state index contributed by atoms with van der Waals surface area (Å²) in [5.41, 5.74) is -3.48. The number of fused-ring (bicyclic) bond motifs is 4. The van der Waals surface area contributed by atoms with Crippen LogP contribution in [0.4, 0.5) is 19.4 Å². The molecule has 6 rings (SSSR count). The third-order valence-electron chi connectivity index (χ3n) is 8.50. The van der Waals surface area contributed by atoms with Gasteiger partial charge in [0.1, 0.15) is 29.7 Å². The zero-order chi connectivity index (χ0) is 33.4. The summed E-state index contributed by atoms with van der Waals surface area (Å²) < 4.78 is 87.7. The summed E-state index contributed by atoms with van der Waals surface area (Å²) in [6, 6.07) is -0.937. The van der Waals surface area contributed by atoms with Crippen molar-refractivity contribution in [2.45, 2.75) is 81.8 Å². The molecule has 6 heterocycles. The van der Waals surface area contributed by atoms with Gasteiger partial charge in [-0.05, 0) is 53.0 Å². The Bertz CT molecular complexity index is 1540. The minimum atomic E-state index is -2.74. The van der Waals surface area contributed by atoms with Crippen molar-refractivity contribution in [3.63, 3.8) is 0 Å². The predicted octanol–water partition coefficient (Wildman–Crippen LogP) is 4.38. The molecule has 2 bridgehead atoms. The molecule has 10 nitrogen and oxygen atoms in total. The summed E-state index contributed by atoms with van der Waals surface area (Å²) in [6.07, 6.45) is 1.31. The van der Waals surface area contributed by atoms with Crippen LogP contribution in [0.5, 0.6) is 6.01 Å². The zero-order valence-corrected chi connectivity index (χ0v) is 24.0. The molecule has 0 unspecified atom stereocenters. The number of hydrogen-bond acceptors (Lipinski definition) is 9. The van der Waals surface area contributed by atoms with Crippen molar-refractivity contribution in [1.29, 1.82) is 0 Å². The van der Waals surface area contributed by atoms with Crippen LogP contribution in [0, 0.1) is 5.82 Å². The van der Waals surface area contributed by atoms with Crippen molar-refractivity contribution in [2.24, 2.45) is 0 Å². The molecule has 0 saturated carbocycles. The van der Waals surface area contributed by atoms with Crippen LogP contribution >= 0.6 is 11.6 Å². The van der Waals surface area contributed by atoms with E-state index in [1.807, 2.05) is 0 Å². The minimum absolute atomic E-state index is 0.0166. The highest BCUT2D eigenvalue weighted by atomic mass is 35.5. The van der Waals surface area contributed by atoms with Gasteiger partial charge in [0.25, 0.3) is 0 Å². The maximum atomic E-state index is 15.5. The van der Waals surface area contributed by atoms with Gasteiger partial charge in [-0.2, -0.15) is 9.97 Å². The summed E-state index contributed by atoms with van der Waals surface area (Å²) >= 11 is 6.02. The first kappa shape index (κ1) is 23.0. The number of ether oxygens (including phenoxy) is 3. The Labute approximate surface area is 250 Å². The first-order chi connectivity index (χ1) is 21.3. The van der Waals surface area contributed by atoms with Gasteiger partial charge in [-0.25, -0.2) is 18.6 Å². The van der Waals surface area contributed by atoms with Crippen LogP contribution in [-0.2, 0) is 9.47 Å². The highest BCUT2D eigenvalue weighted by Crippen LogP contribution is 2.44. The molecule has 41 heavy (non-hydrogen) atoms. The maximum Gasteiger partial charge on any atom is 0.411 e. The van der Waals surface area contributed by atoms with Crippen LogP contribution < -0.4 is 9.64 Å². The Morgan fingerprint density at radius 3 is 2.90 bits per heavy atom. The van der Waals surface area contributed by atoms with Gasteiger partial charge in [-0.1, -0.05) is 11.6 Å². The molecule has 0 radical (unpaired) electrons. The average molecular weight is 600 g/mol. The number of piperazine rings is 1. The average Bonchev–Trinajstić information content (AvgIpc) is 3.55. The van der Waals surface area contributed by atoms with E-state index in [-0.39, 0.29) is 49.4 Å². The minimum Gasteiger partial charge on any atom is -0.461 e. The number of hydrogen-bond donors (Lipinski definition) is 0. The first-order valence-electron chi connectivity index (χ1n) is 16.3. The van der Waals surface area contributed by atoms with E-state index in [4.69, 9.17) is 32.7 Å². The zero-order valence-electron chi connectivity index (χ0n) is 28.3. The lowest BCUT2D eigenvalue weighted by Gasteiger charge is -2.49. The quantitative estimate of drug-likeness (QED) is 0.449. The SMILES string of the molecule is [2H]C([2H])([2H])OC[C@@]12CC[C@@H](CN(c3nc(OC([2H])([2H])[C@@]45CCCN4C[C@H](F)C5)nc4c(F)c(Cl)ncc34)C1)N2C(=O)OC(C)(C)C. The highest BCUT2D eigenvalue weighted by Gasteiger charge is 2.55. The molecule has 224 valence electrons. The summed E-state index contributed by atoms with van der Waals surface area (Å²) in [6.45, 7) is 3.24. The monoisotopic (exact) mass is 599 g/mol. The van der Waals surface area contributed by atoms with Gasteiger partial charge < -0.3 is 19.1 Å². The maximum absolute atomic E-state index is 15.5. The fourth-order valence-electron chi connectivity index (χ4n) is 6.90. The Morgan fingerprint density at radius 2 is 2.12 bits per heavy atom. The number of alkyl halides is 1. The molecule has 2 aromatic rings. The molecule has 1 amide bonds. The van der Waals surface area contributed by atoms with Gasteiger partial charge in [0.2, 0.25) is 0 Å². The van der Waals surface area contributed by atoms with Crippen molar-refractivity contribution >= 4 is 34.4 Å². The number of pyridine rings is 1. The number of halogens is 3. The molecule has 4 atom stereocenters. The van der Waals surface area contributed by atoms with Gasteiger partial charge in [0.05, 0.1) is 36.0 Å². The van der Waals surface area contributed by atoms with Gasteiger partial charge in [-0.3, -0.25) is 9.80 Å². The number of anilines is 1. The molecule has 4 fully saturated rings. The second-order valence-electron chi connectivity index (χ2n) is 12.5. The van der Waals surface area contributed by atoms with Crippen LogP contribution in [-0.4, -0.2) is 106 Å². The lowest BCUT2D eigenvalue weighted by atomic mass is 9.95. The number of methoxy groups -OCH3 is 1. The molecular formula is C28H37ClF2N6O4. The van der Waals surface area contributed by atoms with E-state index in [1.54, 1.807) is 30.6 Å². The van der Waals surface area contributed by atoms with E-state index in [2.05, 4.69) is 15.0 Å². The Hall–Kier alpha value is -2.57. The fourth-order valence-corrected chi connectivity index (χ4v) is 7.04. The Morgan fingerprint density at radius 1 is 1.29 bits per heavy atom. The van der Waals surface area contributed by atoms with Gasteiger partial charge in [0, 0.05) is 39.3 Å². The van der Waals surface area contributed by atoms with Crippen molar-refractivity contribution in [2.75, 3.05) is 51.3 Å². The molecule has 13 heteroatoms. The third kappa shape index (κ3) is 5.05. The van der Waals surface area contributed by atoms with Crippen LogP contribution in [0.25, 0.3) is 10.9 Å². The molecule has 4 aliphatic rings. The van der Waals surface area contributed by atoms with Crippen molar-refractivity contribution < 1.29 is 34.6 Å². The van der Waals surface area contributed by atoms with E-state index >= 15 is 4.39 Å². The number of carbonyl (C=O) groups is 1. The van der Waals surface area contributed by atoms with Crippen LogP contribution in [0.3, 0.4) is 0 Å². The van der Waals surface area contributed by atoms with Gasteiger partial charge in [-0.15, -0.1) is 0 Å². The molecule has 4 saturated heterocycles. The normalized spacial score (nSPS) is 32.3. The largest absolute Gasteiger partial charge is 0.461 e. The van der Waals surface area contributed by atoms with Gasteiger partial charge in [0.15, 0.2) is 11.0 Å². The number of amides is 1. The second-order valence-corrected chi connectivity index (χ2v) is 12.8. The smallest absolute Gasteiger partial charge is 0.411 e. The number of aromatic nitrogens is 3. The standard InChI is InChI=1S/C28H37ClF2N6O4/c1-26(2,3)41-25(38)37-18-6-8-28(37,15-39-4)14-35(13-18)23-19-11-32-22(29)20(31)21(19)33-24(34-23)40-16-27-7-5-9-36(27)12-17(30)10-27/h11,17-18H,5-10,12-16H2,1-4H3/t17-,18+,27+,28-/m1/s1/i4D3,16D2. The van der Waals surface area contributed by atoms with Crippen molar-refractivity contribution in [1.82, 2.24) is 24.8 Å². The molecule has 2 aromatic heterocycles. The van der Waals surface area contributed by atoms with E-state index in [1.165, 1.54) is 11.1 Å². The fraction of sp³-hybridized carbons (Fsp3) is 0.714. The number of nitrogens with zero attached hydrogens (tertiary/aromatic N) is 6. The molecule has 0 spiro atoms. The summed E-state index contributed by atoms with van der Waals surface area (Å²) in [5.74, 6) is -0.835. The lowest BCUT2D eigenvalue weighted by molar-refractivity contribution is -0.0261. The van der Waals surface area contributed by atoms with Crippen molar-refractivity contribution in [3.8, 4) is 6.01 Å². The first-order valence-corrected chi connectivity index (χ1v) is 14.2. The molecule has 4 aliphatic heterocycles. The predicted molar refractivity (Wildman–Crippen MR) is 149 cm³/mol. The summed E-state index contributed by atoms with van der Waals surface area (Å²) in [4.78, 5) is 31.2.